The zero-order chi connectivity index (χ0) is 16.3. The highest BCUT2D eigenvalue weighted by Crippen LogP contribution is 2.26. The fourth-order valence-electron chi connectivity index (χ4n) is 2.58. The zero-order valence-electron chi connectivity index (χ0n) is 13.1. The van der Waals surface area contributed by atoms with Gasteiger partial charge in [-0.1, -0.05) is 24.3 Å². The first-order chi connectivity index (χ1) is 10.3. The van der Waals surface area contributed by atoms with Crippen LogP contribution in [0.25, 0.3) is 0 Å². The molecule has 0 radical (unpaired) electrons. The van der Waals surface area contributed by atoms with Crippen molar-refractivity contribution < 1.29 is 14.4 Å². The highest BCUT2D eigenvalue weighted by Gasteiger charge is 2.32. The van der Waals surface area contributed by atoms with E-state index in [0.29, 0.717) is 0 Å². The maximum Gasteiger partial charge on any atom is 0.324 e. The Morgan fingerprint density at radius 2 is 2.00 bits per heavy atom. The van der Waals surface area contributed by atoms with E-state index in [1.54, 1.807) is 0 Å². The molecule has 6 heteroatoms. The molecule has 1 saturated heterocycles. The lowest BCUT2D eigenvalue weighted by Crippen LogP contribution is -2.44. The second-order valence-electron chi connectivity index (χ2n) is 5.90. The van der Waals surface area contributed by atoms with Crippen LogP contribution in [0.5, 0.6) is 0 Å². The van der Waals surface area contributed by atoms with Crippen molar-refractivity contribution in [2.75, 3.05) is 19.6 Å². The van der Waals surface area contributed by atoms with E-state index < -0.39 is 11.4 Å². The van der Waals surface area contributed by atoms with Crippen molar-refractivity contribution in [3.8, 4) is 0 Å². The Morgan fingerprint density at radius 1 is 1.32 bits per heavy atom. The van der Waals surface area contributed by atoms with Crippen LogP contribution >= 0.6 is 0 Å². The van der Waals surface area contributed by atoms with Crippen molar-refractivity contribution in [3.63, 3.8) is 0 Å². The van der Waals surface area contributed by atoms with Crippen LogP contribution in [0.3, 0.4) is 0 Å². The number of hydrogen-bond donors (Lipinski definition) is 2. The Hall–Kier alpha value is -2.37. The van der Waals surface area contributed by atoms with Gasteiger partial charge in [-0.05, 0) is 31.9 Å². The number of carbonyl (C=O) groups is 3. The quantitative estimate of drug-likeness (QED) is 0.795. The number of nitrogens with zero attached hydrogens (tertiary/aromatic N) is 1. The Bertz CT molecular complexity index is 594. The maximum atomic E-state index is 12.4. The van der Waals surface area contributed by atoms with Gasteiger partial charge in [0.05, 0.1) is 12.0 Å². The molecule has 1 heterocycles. The predicted octanol–water partition coefficient (Wildman–Crippen LogP) is 0.941. The van der Waals surface area contributed by atoms with Crippen LogP contribution in [0.4, 0.5) is 4.79 Å². The van der Waals surface area contributed by atoms with Crippen LogP contribution in [0.15, 0.2) is 24.3 Å². The van der Waals surface area contributed by atoms with E-state index in [1.165, 1.54) is 0 Å². The molecule has 0 aromatic heterocycles. The molecule has 1 aromatic rings. The normalized spacial score (nSPS) is 15.0. The van der Waals surface area contributed by atoms with E-state index in [-0.39, 0.29) is 31.4 Å². The van der Waals surface area contributed by atoms with Gasteiger partial charge in [0.2, 0.25) is 11.8 Å². The van der Waals surface area contributed by atoms with Gasteiger partial charge in [0.1, 0.15) is 0 Å². The van der Waals surface area contributed by atoms with E-state index in [0.717, 1.165) is 16.0 Å². The SMILES string of the molecule is Cc1ccccc1C(C)(C)C(=O)NCCN1C(=O)CNC1=O. The summed E-state index contributed by atoms with van der Waals surface area (Å²) in [5.41, 5.74) is 1.34. The van der Waals surface area contributed by atoms with Crippen molar-refractivity contribution in [1.29, 1.82) is 0 Å². The number of aryl methyl sites for hydroxylation is 1. The van der Waals surface area contributed by atoms with Gasteiger partial charge < -0.3 is 10.6 Å². The summed E-state index contributed by atoms with van der Waals surface area (Å²) in [6, 6.07) is 7.34. The number of rotatable bonds is 5. The highest BCUT2D eigenvalue weighted by molar-refractivity contribution is 6.02. The molecule has 22 heavy (non-hydrogen) atoms. The smallest absolute Gasteiger partial charge is 0.324 e. The summed E-state index contributed by atoms with van der Waals surface area (Å²) in [6.07, 6.45) is 0. The summed E-state index contributed by atoms with van der Waals surface area (Å²) in [5, 5.41) is 5.25. The van der Waals surface area contributed by atoms with Gasteiger partial charge in [-0.15, -0.1) is 0 Å². The fourth-order valence-corrected chi connectivity index (χ4v) is 2.58. The summed E-state index contributed by atoms with van der Waals surface area (Å²) >= 11 is 0. The second-order valence-corrected chi connectivity index (χ2v) is 5.90. The minimum Gasteiger partial charge on any atom is -0.354 e. The van der Waals surface area contributed by atoms with Crippen molar-refractivity contribution in [3.05, 3.63) is 35.4 Å². The summed E-state index contributed by atoms with van der Waals surface area (Å²) in [7, 11) is 0. The Morgan fingerprint density at radius 3 is 2.59 bits per heavy atom. The minimum absolute atomic E-state index is 0.0292. The van der Waals surface area contributed by atoms with Gasteiger partial charge in [-0.2, -0.15) is 0 Å². The van der Waals surface area contributed by atoms with Gasteiger partial charge in [0.25, 0.3) is 0 Å². The third-order valence-electron chi connectivity index (χ3n) is 3.94. The first-order valence-electron chi connectivity index (χ1n) is 7.26. The molecule has 2 rings (SSSR count). The van der Waals surface area contributed by atoms with Crippen LogP contribution in [0.2, 0.25) is 0 Å². The van der Waals surface area contributed by atoms with Gasteiger partial charge in [0, 0.05) is 13.1 Å². The van der Waals surface area contributed by atoms with Gasteiger partial charge >= 0.3 is 6.03 Å². The van der Waals surface area contributed by atoms with E-state index in [1.807, 2.05) is 45.0 Å². The Kier molecular flexibility index (Phi) is 4.49. The first-order valence-corrected chi connectivity index (χ1v) is 7.26. The molecule has 0 bridgehead atoms. The molecule has 4 amide bonds. The number of nitrogens with one attached hydrogen (secondary N) is 2. The standard InChI is InChI=1S/C16H21N3O3/c1-11-6-4-5-7-12(11)16(2,3)14(21)17-8-9-19-13(20)10-18-15(19)22/h4-7H,8-10H2,1-3H3,(H,17,21)(H,18,22). The van der Waals surface area contributed by atoms with E-state index in [4.69, 9.17) is 0 Å². The number of imide groups is 1. The molecule has 0 atom stereocenters. The van der Waals surface area contributed by atoms with Crippen LogP contribution in [0, 0.1) is 6.92 Å². The number of benzene rings is 1. The van der Waals surface area contributed by atoms with Gasteiger partial charge in [-0.25, -0.2) is 4.79 Å². The van der Waals surface area contributed by atoms with Crippen LogP contribution in [-0.2, 0) is 15.0 Å². The van der Waals surface area contributed by atoms with Crippen molar-refractivity contribution in [2.45, 2.75) is 26.2 Å². The first kappa shape index (κ1) is 16.0. The fraction of sp³-hybridized carbons (Fsp3) is 0.438. The molecular weight excluding hydrogens is 282 g/mol. The maximum absolute atomic E-state index is 12.4. The molecule has 1 fully saturated rings. The zero-order valence-corrected chi connectivity index (χ0v) is 13.1. The third-order valence-corrected chi connectivity index (χ3v) is 3.94. The molecule has 118 valence electrons. The molecule has 0 saturated carbocycles. The van der Waals surface area contributed by atoms with Gasteiger partial charge in [0.15, 0.2) is 0 Å². The summed E-state index contributed by atoms with van der Waals surface area (Å²) in [4.78, 5) is 36.4. The Balaban J connectivity index is 1.96. The number of carbonyl (C=O) groups excluding carboxylic acids is 3. The molecule has 0 unspecified atom stereocenters. The molecule has 1 aliphatic heterocycles. The lowest BCUT2D eigenvalue weighted by Gasteiger charge is -2.26. The van der Waals surface area contributed by atoms with Crippen molar-refractivity contribution in [2.24, 2.45) is 0 Å². The van der Waals surface area contributed by atoms with Crippen molar-refractivity contribution >= 4 is 17.8 Å². The molecule has 0 aliphatic carbocycles. The second kappa shape index (κ2) is 6.17. The van der Waals surface area contributed by atoms with E-state index >= 15 is 0 Å². The lowest BCUT2D eigenvalue weighted by atomic mass is 9.81. The average molecular weight is 303 g/mol. The van der Waals surface area contributed by atoms with Crippen molar-refractivity contribution in [1.82, 2.24) is 15.5 Å². The monoisotopic (exact) mass is 303 g/mol. The molecule has 1 aromatic carbocycles. The average Bonchev–Trinajstić information content (AvgIpc) is 2.79. The van der Waals surface area contributed by atoms with E-state index in [2.05, 4.69) is 10.6 Å². The number of urea groups is 1. The Labute approximate surface area is 129 Å². The summed E-state index contributed by atoms with van der Waals surface area (Å²) in [5.74, 6) is -0.397. The van der Waals surface area contributed by atoms with Crippen LogP contribution in [0.1, 0.15) is 25.0 Å². The molecule has 6 nitrogen and oxygen atoms in total. The van der Waals surface area contributed by atoms with Crippen LogP contribution in [-0.4, -0.2) is 42.4 Å². The lowest BCUT2D eigenvalue weighted by molar-refractivity contribution is -0.127. The van der Waals surface area contributed by atoms with E-state index in [9.17, 15) is 14.4 Å². The third kappa shape index (κ3) is 3.10. The van der Waals surface area contributed by atoms with Crippen LogP contribution < -0.4 is 10.6 Å². The molecule has 2 N–H and O–H groups in total. The summed E-state index contributed by atoms with van der Waals surface area (Å²) < 4.78 is 0. The number of hydrogen-bond acceptors (Lipinski definition) is 3. The molecule has 0 spiro atoms. The molecular formula is C16H21N3O3. The largest absolute Gasteiger partial charge is 0.354 e. The minimum atomic E-state index is -0.678. The topological polar surface area (TPSA) is 78.5 Å². The predicted molar refractivity (Wildman–Crippen MR) is 82.3 cm³/mol. The number of amides is 4. The highest BCUT2D eigenvalue weighted by atomic mass is 16.2. The van der Waals surface area contributed by atoms with Gasteiger partial charge in [-0.3, -0.25) is 14.5 Å². The summed E-state index contributed by atoms with van der Waals surface area (Å²) in [6.45, 7) is 6.14. The molecule has 1 aliphatic rings.